The molecule has 0 unspecified atom stereocenters. The second kappa shape index (κ2) is 5.39. The highest BCUT2D eigenvalue weighted by Crippen LogP contribution is 2.26. The predicted octanol–water partition coefficient (Wildman–Crippen LogP) is 2.69. The minimum atomic E-state index is -1.36. The van der Waals surface area contributed by atoms with Crippen molar-refractivity contribution in [3.05, 3.63) is 59.4 Å². The molecule has 0 fully saturated rings. The minimum absolute atomic E-state index is 0.0923. The Hall–Kier alpha value is -2.56. The first-order chi connectivity index (χ1) is 9.08. The van der Waals surface area contributed by atoms with Crippen LogP contribution in [0.1, 0.15) is 15.9 Å². The topological polar surface area (TPSA) is 72.6 Å². The third kappa shape index (κ3) is 3.01. The summed E-state index contributed by atoms with van der Waals surface area (Å²) >= 11 is 0. The molecule has 0 spiro atoms. The number of nitrogens with two attached hydrogens (primary N) is 1. The molecule has 19 heavy (non-hydrogen) atoms. The van der Waals surface area contributed by atoms with Gasteiger partial charge >= 0.3 is 5.97 Å². The van der Waals surface area contributed by atoms with E-state index in [2.05, 4.69) is 0 Å². The van der Waals surface area contributed by atoms with Gasteiger partial charge in [-0.05, 0) is 11.6 Å². The van der Waals surface area contributed by atoms with Gasteiger partial charge in [0.05, 0.1) is 11.3 Å². The van der Waals surface area contributed by atoms with Gasteiger partial charge in [-0.1, -0.05) is 30.3 Å². The molecule has 0 saturated carbocycles. The molecule has 0 aliphatic carbocycles. The van der Waals surface area contributed by atoms with Crippen LogP contribution in [-0.4, -0.2) is 11.1 Å². The molecule has 2 rings (SSSR count). The molecule has 0 aromatic heterocycles. The first-order valence-electron chi connectivity index (χ1n) is 5.57. The fraction of sp³-hybridized carbons (Fsp3) is 0.0714. The third-order valence-corrected chi connectivity index (χ3v) is 2.57. The van der Waals surface area contributed by atoms with Crippen LogP contribution >= 0.6 is 0 Å². The normalized spacial score (nSPS) is 10.2. The van der Waals surface area contributed by atoms with Crippen LogP contribution in [0.25, 0.3) is 0 Å². The summed E-state index contributed by atoms with van der Waals surface area (Å²) in [7, 11) is 0. The van der Waals surface area contributed by atoms with Crippen molar-refractivity contribution in [2.24, 2.45) is 0 Å². The largest absolute Gasteiger partial charge is 0.487 e. The monoisotopic (exact) mass is 261 g/mol. The first kappa shape index (κ1) is 12.9. The van der Waals surface area contributed by atoms with Crippen LogP contribution in [0.3, 0.4) is 0 Å². The lowest BCUT2D eigenvalue weighted by Gasteiger charge is -2.10. The van der Waals surface area contributed by atoms with Crippen molar-refractivity contribution in [3.8, 4) is 5.75 Å². The van der Waals surface area contributed by atoms with Crippen LogP contribution < -0.4 is 10.5 Å². The van der Waals surface area contributed by atoms with Crippen molar-refractivity contribution >= 4 is 11.7 Å². The Kier molecular flexibility index (Phi) is 3.66. The Morgan fingerprint density at radius 1 is 1.26 bits per heavy atom. The molecule has 0 saturated heterocycles. The number of halogens is 1. The van der Waals surface area contributed by atoms with E-state index in [0.717, 1.165) is 17.7 Å². The van der Waals surface area contributed by atoms with E-state index in [4.69, 9.17) is 15.6 Å². The molecule has 3 N–H and O–H groups in total. The maximum atomic E-state index is 13.5. The Morgan fingerprint density at radius 3 is 2.58 bits per heavy atom. The number of carboxylic acid groups (broad SMARTS) is 1. The summed E-state index contributed by atoms with van der Waals surface area (Å²) in [4.78, 5) is 10.7. The number of carbonyl (C=O) groups is 1. The standard InChI is InChI=1S/C14H12FNO3/c15-11-7-13(12(16)6-10(11)14(17)18)19-8-9-4-2-1-3-5-9/h1-7H,8,16H2,(H,17,18). The third-order valence-electron chi connectivity index (χ3n) is 2.57. The van der Waals surface area contributed by atoms with Gasteiger partial charge in [0.15, 0.2) is 0 Å². The average molecular weight is 261 g/mol. The lowest BCUT2D eigenvalue weighted by Crippen LogP contribution is -2.05. The lowest BCUT2D eigenvalue weighted by molar-refractivity contribution is 0.0692. The van der Waals surface area contributed by atoms with E-state index in [9.17, 15) is 9.18 Å². The summed E-state index contributed by atoms with van der Waals surface area (Å²) in [6.45, 7) is 0.233. The van der Waals surface area contributed by atoms with Gasteiger partial charge in [-0.25, -0.2) is 9.18 Å². The van der Waals surface area contributed by atoms with Crippen molar-refractivity contribution in [1.82, 2.24) is 0 Å². The number of anilines is 1. The van der Waals surface area contributed by atoms with Gasteiger partial charge in [-0.15, -0.1) is 0 Å². The maximum absolute atomic E-state index is 13.5. The van der Waals surface area contributed by atoms with Gasteiger partial charge < -0.3 is 15.6 Å². The van der Waals surface area contributed by atoms with Gasteiger partial charge in [-0.3, -0.25) is 0 Å². The highest BCUT2D eigenvalue weighted by Gasteiger charge is 2.14. The highest BCUT2D eigenvalue weighted by molar-refractivity contribution is 5.89. The Labute approximate surface area is 109 Å². The number of aromatic carboxylic acids is 1. The summed E-state index contributed by atoms with van der Waals surface area (Å²) in [5.74, 6) is -2.10. The van der Waals surface area contributed by atoms with Crippen molar-refractivity contribution in [1.29, 1.82) is 0 Å². The highest BCUT2D eigenvalue weighted by atomic mass is 19.1. The zero-order valence-corrected chi connectivity index (χ0v) is 9.97. The molecule has 0 atom stereocenters. The van der Waals surface area contributed by atoms with Crippen molar-refractivity contribution in [2.75, 3.05) is 5.73 Å². The maximum Gasteiger partial charge on any atom is 0.338 e. The number of nitrogen functional groups attached to an aromatic ring is 1. The van der Waals surface area contributed by atoms with Crippen LogP contribution in [0.5, 0.6) is 5.75 Å². The Bertz CT molecular complexity index is 599. The van der Waals surface area contributed by atoms with Crippen LogP contribution in [-0.2, 0) is 6.61 Å². The molecule has 0 heterocycles. The van der Waals surface area contributed by atoms with Crippen molar-refractivity contribution in [2.45, 2.75) is 6.61 Å². The molecule has 98 valence electrons. The second-order valence-electron chi connectivity index (χ2n) is 3.95. The molecule has 5 heteroatoms. The molecule has 2 aromatic carbocycles. The smallest absolute Gasteiger partial charge is 0.338 e. The molecule has 0 radical (unpaired) electrons. The van der Waals surface area contributed by atoms with Crippen molar-refractivity contribution < 1.29 is 19.0 Å². The zero-order chi connectivity index (χ0) is 13.8. The lowest BCUT2D eigenvalue weighted by atomic mass is 10.1. The Balaban J connectivity index is 2.17. The van der Waals surface area contributed by atoms with E-state index in [1.54, 1.807) is 0 Å². The number of hydrogen-bond acceptors (Lipinski definition) is 3. The molecule has 0 aliphatic heterocycles. The van der Waals surface area contributed by atoms with E-state index < -0.39 is 17.3 Å². The number of ether oxygens (including phenoxy) is 1. The van der Waals surface area contributed by atoms with Gasteiger partial charge in [0.2, 0.25) is 0 Å². The number of carboxylic acids is 1. The average Bonchev–Trinajstić information content (AvgIpc) is 2.40. The van der Waals surface area contributed by atoms with E-state index in [1.165, 1.54) is 0 Å². The molecule has 0 bridgehead atoms. The van der Waals surface area contributed by atoms with Crippen LogP contribution in [0.15, 0.2) is 42.5 Å². The van der Waals surface area contributed by atoms with Gasteiger partial charge in [0.25, 0.3) is 0 Å². The molecule has 4 nitrogen and oxygen atoms in total. The van der Waals surface area contributed by atoms with E-state index in [1.807, 2.05) is 30.3 Å². The second-order valence-corrected chi connectivity index (χ2v) is 3.95. The summed E-state index contributed by atoms with van der Waals surface area (Å²) in [5, 5.41) is 8.75. The van der Waals surface area contributed by atoms with E-state index in [0.29, 0.717) is 0 Å². The summed E-state index contributed by atoms with van der Waals surface area (Å²) in [6.07, 6.45) is 0. The first-order valence-corrected chi connectivity index (χ1v) is 5.57. The number of hydrogen-bond donors (Lipinski definition) is 2. The SMILES string of the molecule is Nc1cc(C(=O)O)c(F)cc1OCc1ccccc1. The quantitative estimate of drug-likeness (QED) is 0.830. The fourth-order valence-corrected chi connectivity index (χ4v) is 1.60. The molecule has 0 aliphatic rings. The van der Waals surface area contributed by atoms with Crippen LogP contribution in [0, 0.1) is 5.82 Å². The van der Waals surface area contributed by atoms with Crippen LogP contribution in [0.2, 0.25) is 0 Å². The number of benzene rings is 2. The predicted molar refractivity (Wildman–Crippen MR) is 68.5 cm³/mol. The molecule has 0 amide bonds. The summed E-state index contributed by atoms with van der Waals surface area (Å²) in [5.41, 5.74) is 6.17. The van der Waals surface area contributed by atoms with Gasteiger partial charge in [0, 0.05) is 6.07 Å². The molecule has 2 aromatic rings. The Morgan fingerprint density at radius 2 is 1.95 bits per heavy atom. The minimum Gasteiger partial charge on any atom is -0.487 e. The van der Waals surface area contributed by atoms with E-state index >= 15 is 0 Å². The summed E-state index contributed by atoms with van der Waals surface area (Å²) < 4.78 is 18.9. The zero-order valence-electron chi connectivity index (χ0n) is 9.97. The van der Waals surface area contributed by atoms with Crippen LogP contribution in [0.4, 0.5) is 10.1 Å². The number of rotatable bonds is 4. The van der Waals surface area contributed by atoms with E-state index in [-0.39, 0.29) is 18.0 Å². The van der Waals surface area contributed by atoms with Gasteiger partial charge in [0.1, 0.15) is 18.2 Å². The fourth-order valence-electron chi connectivity index (χ4n) is 1.60. The van der Waals surface area contributed by atoms with Crippen molar-refractivity contribution in [3.63, 3.8) is 0 Å². The molecular formula is C14H12FNO3. The molecular weight excluding hydrogens is 249 g/mol. The summed E-state index contributed by atoms with van der Waals surface area (Å²) in [6, 6.07) is 11.3. The van der Waals surface area contributed by atoms with Gasteiger partial charge in [-0.2, -0.15) is 0 Å².